The third-order valence-corrected chi connectivity index (χ3v) is 2.80. The van der Waals surface area contributed by atoms with Crippen molar-refractivity contribution in [2.45, 2.75) is 13.5 Å². The first-order chi connectivity index (χ1) is 8.58. The first-order valence-corrected chi connectivity index (χ1v) is 5.79. The maximum Gasteiger partial charge on any atom is 0.254 e. The van der Waals surface area contributed by atoms with E-state index in [1.165, 1.54) is 6.07 Å². The standard InChI is InChI=1S/C10H9Cl2N5O/c1-5-6(4-14-15-5)3-13-10(18)7-2-8(11)16-17-9(7)12/h2,4H,3H2,1H3,(H,13,18)(H,14,15). The summed E-state index contributed by atoms with van der Waals surface area (Å²) in [6, 6.07) is 1.37. The van der Waals surface area contributed by atoms with Crippen molar-refractivity contribution >= 4 is 29.1 Å². The van der Waals surface area contributed by atoms with Crippen molar-refractivity contribution in [2.75, 3.05) is 0 Å². The number of rotatable bonds is 3. The van der Waals surface area contributed by atoms with Gasteiger partial charge in [0, 0.05) is 17.8 Å². The van der Waals surface area contributed by atoms with Crippen LogP contribution < -0.4 is 5.32 Å². The van der Waals surface area contributed by atoms with Gasteiger partial charge in [0.15, 0.2) is 10.3 Å². The zero-order valence-corrected chi connectivity index (χ0v) is 10.9. The predicted molar refractivity (Wildman–Crippen MR) is 66.5 cm³/mol. The molecular weight excluding hydrogens is 277 g/mol. The van der Waals surface area contributed by atoms with E-state index in [4.69, 9.17) is 23.2 Å². The van der Waals surface area contributed by atoms with Crippen molar-refractivity contribution in [1.29, 1.82) is 0 Å². The molecule has 94 valence electrons. The molecule has 0 unspecified atom stereocenters. The summed E-state index contributed by atoms with van der Waals surface area (Å²) in [6.07, 6.45) is 1.65. The molecular formula is C10H9Cl2N5O. The molecule has 1 amide bonds. The van der Waals surface area contributed by atoms with Crippen molar-refractivity contribution in [3.63, 3.8) is 0 Å². The summed E-state index contributed by atoms with van der Waals surface area (Å²) in [6.45, 7) is 2.21. The second kappa shape index (κ2) is 5.32. The Hall–Kier alpha value is -1.66. The van der Waals surface area contributed by atoms with Crippen LogP contribution in [0.3, 0.4) is 0 Å². The van der Waals surface area contributed by atoms with Crippen molar-refractivity contribution in [2.24, 2.45) is 0 Å². The Labute approximate surface area is 113 Å². The molecule has 0 saturated heterocycles. The molecule has 0 atom stereocenters. The molecule has 0 aliphatic carbocycles. The second-order valence-electron chi connectivity index (χ2n) is 3.57. The summed E-state index contributed by atoms with van der Waals surface area (Å²) < 4.78 is 0. The number of halogens is 2. The van der Waals surface area contributed by atoms with Crippen molar-refractivity contribution < 1.29 is 4.79 Å². The average Bonchev–Trinajstić information content (AvgIpc) is 2.75. The van der Waals surface area contributed by atoms with Gasteiger partial charge in [0.25, 0.3) is 5.91 Å². The highest BCUT2D eigenvalue weighted by molar-refractivity contribution is 6.34. The molecule has 18 heavy (non-hydrogen) atoms. The van der Waals surface area contributed by atoms with Gasteiger partial charge in [0.2, 0.25) is 0 Å². The van der Waals surface area contributed by atoms with Crippen LogP contribution in [0.15, 0.2) is 12.3 Å². The van der Waals surface area contributed by atoms with Gasteiger partial charge >= 0.3 is 0 Å². The molecule has 0 aliphatic heterocycles. The van der Waals surface area contributed by atoms with Crippen LogP contribution in [-0.2, 0) is 6.54 Å². The summed E-state index contributed by atoms with van der Waals surface area (Å²) in [7, 11) is 0. The highest BCUT2D eigenvalue weighted by atomic mass is 35.5. The first-order valence-electron chi connectivity index (χ1n) is 5.03. The van der Waals surface area contributed by atoms with E-state index in [9.17, 15) is 4.79 Å². The van der Waals surface area contributed by atoms with E-state index in [1.807, 2.05) is 6.92 Å². The Balaban J connectivity index is 2.08. The molecule has 2 aromatic rings. The third kappa shape index (κ3) is 2.77. The van der Waals surface area contributed by atoms with Gasteiger partial charge < -0.3 is 5.32 Å². The smallest absolute Gasteiger partial charge is 0.254 e. The minimum Gasteiger partial charge on any atom is -0.348 e. The van der Waals surface area contributed by atoms with E-state index in [1.54, 1.807) is 6.20 Å². The van der Waals surface area contributed by atoms with Crippen LogP contribution >= 0.6 is 23.2 Å². The molecule has 2 rings (SSSR count). The predicted octanol–water partition coefficient (Wildman–Crippen LogP) is 1.74. The van der Waals surface area contributed by atoms with Gasteiger partial charge in [-0.05, 0) is 13.0 Å². The molecule has 0 bridgehead atoms. The molecule has 0 aliphatic rings. The fourth-order valence-corrected chi connectivity index (χ4v) is 1.66. The number of amides is 1. The Bertz CT molecular complexity index is 583. The lowest BCUT2D eigenvalue weighted by molar-refractivity contribution is 0.0950. The number of hydrogen-bond acceptors (Lipinski definition) is 4. The van der Waals surface area contributed by atoms with Crippen molar-refractivity contribution in [3.05, 3.63) is 39.4 Å². The molecule has 0 radical (unpaired) electrons. The van der Waals surface area contributed by atoms with Crippen LogP contribution in [0.1, 0.15) is 21.6 Å². The van der Waals surface area contributed by atoms with Crippen LogP contribution in [0.4, 0.5) is 0 Å². The number of H-pyrrole nitrogens is 1. The van der Waals surface area contributed by atoms with Gasteiger partial charge in [-0.3, -0.25) is 9.89 Å². The van der Waals surface area contributed by atoms with Crippen LogP contribution in [0.25, 0.3) is 0 Å². The van der Waals surface area contributed by atoms with E-state index in [-0.39, 0.29) is 21.8 Å². The SMILES string of the molecule is Cc1[nH]ncc1CNC(=O)c1cc(Cl)nnc1Cl. The van der Waals surface area contributed by atoms with Gasteiger partial charge in [-0.25, -0.2) is 0 Å². The van der Waals surface area contributed by atoms with Crippen LogP contribution in [0.5, 0.6) is 0 Å². The summed E-state index contributed by atoms with van der Waals surface area (Å²) >= 11 is 11.4. The molecule has 0 saturated carbocycles. The number of hydrogen-bond donors (Lipinski definition) is 2. The van der Waals surface area contributed by atoms with Gasteiger partial charge in [-0.2, -0.15) is 5.10 Å². The van der Waals surface area contributed by atoms with Gasteiger partial charge in [-0.15, -0.1) is 10.2 Å². The molecule has 2 N–H and O–H groups in total. The minimum atomic E-state index is -0.364. The lowest BCUT2D eigenvalue weighted by Crippen LogP contribution is -2.23. The van der Waals surface area contributed by atoms with Gasteiger partial charge in [0.05, 0.1) is 11.8 Å². The summed E-state index contributed by atoms with van der Waals surface area (Å²) in [5.41, 5.74) is 1.98. The Kier molecular flexibility index (Phi) is 3.78. The molecule has 2 heterocycles. The van der Waals surface area contributed by atoms with Crippen LogP contribution in [0, 0.1) is 6.92 Å². The van der Waals surface area contributed by atoms with E-state index in [0.29, 0.717) is 6.54 Å². The Morgan fingerprint density at radius 3 is 2.89 bits per heavy atom. The summed E-state index contributed by atoms with van der Waals surface area (Å²) in [5.74, 6) is -0.364. The van der Waals surface area contributed by atoms with E-state index in [0.717, 1.165) is 11.3 Å². The number of aryl methyl sites for hydroxylation is 1. The Morgan fingerprint density at radius 1 is 1.44 bits per heavy atom. The largest absolute Gasteiger partial charge is 0.348 e. The zero-order valence-electron chi connectivity index (χ0n) is 9.37. The van der Waals surface area contributed by atoms with Gasteiger partial charge in [0.1, 0.15) is 0 Å². The number of nitrogens with zero attached hydrogens (tertiary/aromatic N) is 3. The molecule has 0 aromatic carbocycles. The zero-order chi connectivity index (χ0) is 13.1. The highest BCUT2D eigenvalue weighted by Gasteiger charge is 2.13. The van der Waals surface area contributed by atoms with Crippen molar-refractivity contribution in [3.8, 4) is 0 Å². The molecule has 0 spiro atoms. The van der Waals surface area contributed by atoms with E-state index >= 15 is 0 Å². The first kappa shape index (κ1) is 12.8. The number of carbonyl (C=O) groups excluding carboxylic acids is 1. The van der Waals surface area contributed by atoms with Crippen LogP contribution in [-0.4, -0.2) is 26.3 Å². The van der Waals surface area contributed by atoms with E-state index < -0.39 is 0 Å². The number of aromatic nitrogens is 4. The summed E-state index contributed by atoms with van der Waals surface area (Å²) in [5, 5.41) is 16.6. The maximum atomic E-state index is 11.9. The van der Waals surface area contributed by atoms with Crippen LogP contribution in [0.2, 0.25) is 10.3 Å². The monoisotopic (exact) mass is 285 g/mol. The quantitative estimate of drug-likeness (QED) is 0.900. The lowest BCUT2D eigenvalue weighted by atomic mass is 10.2. The molecule has 6 nitrogen and oxygen atoms in total. The normalized spacial score (nSPS) is 10.4. The number of carbonyl (C=O) groups is 1. The maximum absolute atomic E-state index is 11.9. The van der Waals surface area contributed by atoms with Gasteiger partial charge in [-0.1, -0.05) is 23.2 Å². The van der Waals surface area contributed by atoms with Crippen molar-refractivity contribution in [1.82, 2.24) is 25.7 Å². The molecule has 0 fully saturated rings. The Morgan fingerprint density at radius 2 is 2.22 bits per heavy atom. The summed E-state index contributed by atoms with van der Waals surface area (Å²) in [4.78, 5) is 11.9. The van der Waals surface area contributed by atoms with E-state index in [2.05, 4.69) is 25.7 Å². The molecule has 8 heteroatoms. The fraction of sp³-hybridized carbons (Fsp3) is 0.200. The third-order valence-electron chi connectivity index (χ3n) is 2.34. The number of nitrogens with one attached hydrogen (secondary N) is 2. The fourth-order valence-electron chi connectivity index (χ4n) is 1.34. The lowest BCUT2D eigenvalue weighted by Gasteiger charge is -2.05. The molecule has 2 aromatic heterocycles. The number of aromatic amines is 1. The highest BCUT2D eigenvalue weighted by Crippen LogP contribution is 2.15. The average molecular weight is 286 g/mol. The minimum absolute atomic E-state index is 0.0146. The second-order valence-corrected chi connectivity index (χ2v) is 4.32. The topological polar surface area (TPSA) is 83.6 Å².